The summed E-state index contributed by atoms with van der Waals surface area (Å²) in [5, 5.41) is 0. The van der Waals surface area contributed by atoms with E-state index in [4.69, 9.17) is 9.97 Å². The average Bonchev–Trinajstić information content (AvgIpc) is 3.37. The molecule has 0 atom stereocenters. The standard InChI is InChI=1S/C35H24N2/c1-3-11-24(12-4-1)32-23-33(37-35(36-32)25-13-5-2-6-14-25)28-17-9-16-27(21-28)31-20-10-18-29-22-26-15-7-8-19-30(26)34(29)31/h1-21,23H,22H2. The molecule has 0 N–H and O–H groups in total. The highest BCUT2D eigenvalue weighted by molar-refractivity contribution is 5.91. The molecule has 2 heteroatoms. The van der Waals surface area contributed by atoms with Gasteiger partial charge in [0.2, 0.25) is 0 Å². The van der Waals surface area contributed by atoms with Crippen LogP contribution in [0.25, 0.3) is 56.2 Å². The molecular formula is C35H24N2. The van der Waals surface area contributed by atoms with Gasteiger partial charge in [0.05, 0.1) is 11.4 Å². The topological polar surface area (TPSA) is 25.8 Å². The van der Waals surface area contributed by atoms with Crippen molar-refractivity contribution in [3.05, 3.63) is 145 Å². The molecule has 6 aromatic rings. The molecule has 1 aromatic heterocycles. The fraction of sp³-hybridized carbons (Fsp3) is 0.0286. The molecular weight excluding hydrogens is 448 g/mol. The van der Waals surface area contributed by atoms with E-state index in [9.17, 15) is 0 Å². The molecule has 0 radical (unpaired) electrons. The van der Waals surface area contributed by atoms with E-state index in [-0.39, 0.29) is 0 Å². The zero-order chi connectivity index (χ0) is 24.6. The van der Waals surface area contributed by atoms with E-state index in [1.54, 1.807) is 0 Å². The lowest BCUT2D eigenvalue weighted by Crippen LogP contribution is -1.96. The van der Waals surface area contributed by atoms with Crippen molar-refractivity contribution in [1.82, 2.24) is 9.97 Å². The van der Waals surface area contributed by atoms with Crippen LogP contribution in [0.1, 0.15) is 11.1 Å². The Kier molecular flexibility index (Phi) is 5.22. The molecule has 7 rings (SSSR count). The van der Waals surface area contributed by atoms with Gasteiger partial charge in [-0.05, 0) is 51.9 Å². The molecule has 0 bridgehead atoms. The third-order valence-corrected chi connectivity index (χ3v) is 7.12. The maximum atomic E-state index is 5.03. The first-order valence-corrected chi connectivity index (χ1v) is 12.6. The summed E-state index contributed by atoms with van der Waals surface area (Å²) in [5.74, 6) is 0.733. The molecule has 0 saturated heterocycles. The molecule has 2 nitrogen and oxygen atoms in total. The molecule has 0 spiro atoms. The molecule has 5 aromatic carbocycles. The first-order valence-electron chi connectivity index (χ1n) is 12.6. The van der Waals surface area contributed by atoms with Crippen molar-refractivity contribution in [3.8, 4) is 56.2 Å². The van der Waals surface area contributed by atoms with Gasteiger partial charge in [-0.25, -0.2) is 9.97 Å². The van der Waals surface area contributed by atoms with Gasteiger partial charge in [-0.15, -0.1) is 0 Å². The maximum absolute atomic E-state index is 5.03. The third kappa shape index (κ3) is 3.93. The summed E-state index contributed by atoms with van der Waals surface area (Å²) in [5.41, 5.74) is 13.0. The Morgan fingerprint density at radius 2 is 0.973 bits per heavy atom. The second-order valence-electron chi connectivity index (χ2n) is 9.45. The van der Waals surface area contributed by atoms with Gasteiger partial charge >= 0.3 is 0 Å². The molecule has 1 aliphatic rings. The highest BCUT2D eigenvalue weighted by Gasteiger charge is 2.21. The van der Waals surface area contributed by atoms with E-state index in [2.05, 4.69) is 97.1 Å². The van der Waals surface area contributed by atoms with Crippen molar-refractivity contribution in [2.24, 2.45) is 0 Å². The first kappa shape index (κ1) is 21.5. The highest BCUT2D eigenvalue weighted by atomic mass is 14.9. The summed E-state index contributed by atoms with van der Waals surface area (Å²) in [6.45, 7) is 0. The van der Waals surface area contributed by atoms with E-state index in [0.29, 0.717) is 0 Å². The Hall–Kier alpha value is -4.82. The van der Waals surface area contributed by atoms with Crippen molar-refractivity contribution >= 4 is 0 Å². The first-order chi connectivity index (χ1) is 18.3. The maximum Gasteiger partial charge on any atom is 0.160 e. The normalized spacial score (nSPS) is 11.7. The van der Waals surface area contributed by atoms with E-state index >= 15 is 0 Å². The molecule has 1 aliphatic carbocycles. The van der Waals surface area contributed by atoms with Crippen molar-refractivity contribution in [2.75, 3.05) is 0 Å². The smallest absolute Gasteiger partial charge is 0.160 e. The van der Waals surface area contributed by atoms with Crippen LogP contribution in [-0.2, 0) is 6.42 Å². The SMILES string of the molecule is c1ccc(-c2cc(-c3cccc(-c4cccc5c4-c4ccccc4C5)c3)nc(-c3ccccc3)n2)cc1. The minimum absolute atomic E-state index is 0.733. The Bertz CT molecular complexity index is 1680. The lowest BCUT2D eigenvalue weighted by molar-refractivity contribution is 1.18. The zero-order valence-corrected chi connectivity index (χ0v) is 20.3. The molecule has 0 unspecified atom stereocenters. The summed E-state index contributed by atoms with van der Waals surface area (Å²) < 4.78 is 0. The zero-order valence-electron chi connectivity index (χ0n) is 20.3. The number of rotatable bonds is 4. The minimum Gasteiger partial charge on any atom is -0.228 e. The molecule has 0 amide bonds. The van der Waals surface area contributed by atoms with Gasteiger partial charge in [-0.1, -0.05) is 121 Å². The van der Waals surface area contributed by atoms with Crippen LogP contribution < -0.4 is 0 Å². The van der Waals surface area contributed by atoms with Crippen LogP contribution in [0.15, 0.2) is 133 Å². The van der Waals surface area contributed by atoms with Crippen LogP contribution in [0.2, 0.25) is 0 Å². The second kappa shape index (κ2) is 9.00. The van der Waals surface area contributed by atoms with Gasteiger partial charge < -0.3 is 0 Å². The molecule has 174 valence electrons. The van der Waals surface area contributed by atoms with Crippen LogP contribution in [-0.4, -0.2) is 9.97 Å². The van der Waals surface area contributed by atoms with E-state index in [1.807, 2.05) is 36.4 Å². The number of hydrogen-bond donors (Lipinski definition) is 0. The van der Waals surface area contributed by atoms with Crippen molar-refractivity contribution < 1.29 is 0 Å². The Morgan fingerprint density at radius 1 is 0.405 bits per heavy atom. The van der Waals surface area contributed by atoms with Gasteiger partial charge in [0.15, 0.2) is 5.82 Å². The predicted molar refractivity (Wildman–Crippen MR) is 152 cm³/mol. The fourth-order valence-electron chi connectivity index (χ4n) is 5.34. The van der Waals surface area contributed by atoms with Crippen molar-refractivity contribution in [2.45, 2.75) is 6.42 Å². The monoisotopic (exact) mass is 472 g/mol. The predicted octanol–water partition coefficient (Wildman–Crippen LogP) is 8.72. The van der Waals surface area contributed by atoms with Gasteiger partial charge in [0.1, 0.15) is 0 Å². The minimum atomic E-state index is 0.733. The molecule has 1 heterocycles. The number of aromatic nitrogens is 2. The lowest BCUT2D eigenvalue weighted by Gasteiger charge is -2.13. The van der Waals surface area contributed by atoms with Crippen molar-refractivity contribution in [1.29, 1.82) is 0 Å². The van der Waals surface area contributed by atoms with Crippen LogP contribution >= 0.6 is 0 Å². The van der Waals surface area contributed by atoms with Gasteiger partial charge in [0.25, 0.3) is 0 Å². The van der Waals surface area contributed by atoms with Crippen LogP contribution in [0.3, 0.4) is 0 Å². The third-order valence-electron chi connectivity index (χ3n) is 7.12. The summed E-state index contributed by atoms with van der Waals surface area (Å²) in [7, 11) is 0. The summed E-state index contributed by atoms with van der Waals surface area (Å²) in [4.78, 5) is 9.97. The van der Waals surface area contributed by atoms with E-state index in [1.165, 1.54) is 33.4 Å². The Balaban J connectivity index is 1.38. The number of hydrogen-bond acceptors (Lipinski definition) is 2. The summed E-state index contributed by atoms with van der Waals surface area (Å²) in [6, 6.07) is 46.8. The number of fused-ring (bicyclic) bond motifs is 3. The summed E-state index contributed by atoms with van der Waals surface area (Å²) in [6.07, 6.45) is 0.992. The van der Waals surface area contributed by atoms with Gasteiger partial charge in [-0.3, -0.25) is 0 Å². The quantitative estimate of drug-likeness (QED) is 0.256. The van der Waals surface area contributed by atoms with Crippen LogP contribution in [0.4, 0.5) is 0 Å². The Labute approximate surface area is 217 Å². The van der Waals surface area contributed by atoms with Gasteiger partial charge in [0, 0.05) is 16.7 Å². The van der Waals surface area contributed by atoms with Crippen molar-refractivity contribution in [3.63, 3.8) is 0 Å². The fourth-order valence-corrected chi connectivity index (χ4v) is 5.34. The van der Waals surface area contributed by atoms with Crippen LogP contribution in [0, 0.1) is 0 Å². The summed E-state index contributed by atoms with van der Waals surface area (Å²) >= 11 is 0. The number of nitrogens with zero attached hydrogens (tertiary/aromatic N) is 2. The second-order valence-corrected chi connectivity index (χ2v) is 9.45. The lowest BCUT2D eigenvalue weighted by atomic mass is 9.93. The average molecular weight is 473 g/mol. The Morgan fingerprint density at radius 3 is 1.78 bits per heavy atom. The van der Waals surface area contributed by atoms with Gasteiger partial charge in [-0.2, -0.15) is 0 Å². The van der Waals surface area contributed by atoms with E-state index in [0.717, 1.165) is 40.3 Å². The molecule has 37 heavy (non-hydrogen) atoms. The van der Waals surface area contributed by atoms with Crippen LogP contribution in [0.5, 0.6) is 0 Å². The molecule has 0 aliphatic heterocycles. The largest absolute Gasteiger partial charge is 0.228 e. The molecule has 0 saturated carbocycles. The highest BCUT2D eigenvalue weighted by Crippen LogP contribution is 2.43. The molecule has 0 fully saturated rings. The van der Waals surface area contributed by atoms with E-state index < -0.39 is 0 Å². The number of benzene rings is 5.